The van der Waals surface area contributed by atoms with Gasteiger partial charge >= 0.3 is 0 Å². The van der Waals surface area contributed by atoms with Crippen LogP contribution in [0.5, 0.6) is 0 Å². The van der Waals surface area contributed by atoms with Crippen molar-refractivity contribution < 1.29 is 5.11 Å². The molecule has 2 aliphatic heterocycles. The van der Waals surface area contributed by atoms with Gasteiger partial charge in [0, 0.05) is 25.2 Å². The lowest BCUT2D eigenvalue weighted by atomic mass is 9.53. The molecule has 0 spiro atoms. The Morgan fingerprint density at radius 2 is 1.42 bits per heavy atom. The van der Waals surface area contributed by atoms with E-state index in [9.17, 15) is 5.11 Å². The third-order valence-corrected chi connectivity index (χ3v) is 8.45. The zero-order valence-electron chi connectivity index (χ0n) is 15.3. The average Bonchev–Trinajstić information content (AvgIpc) is 2.61. The Hall–Kier alpha value is -0.120. The first kappa shape index (κ1) is 16.1. The number of likely N-dealkylation sites (tertiary alicyclic amines) is 2. The third kappa shape index (κ3) is 2.85. The maximum atomic E-state index is 9.39. The summed E-state index contributed by atoms with van der Waals surface area (Å²) >= 11 is 0. The van der Waals surface area contributed by atoms with E-state index in [1.807, 2.05) is 0 Å². The summed E-state index contributed by atoms with van der Waals surface area (Å²) in [7, 11) is 0. The summed E-state index contributed by atoms with van der Waals surface area (Å²) in [6.45, 7) is 5.57. The number of rotatable bonds is 3. The third-order valence-electron chi connectivity index (χ3n) is 8.45. The van der Waals surface area contributed by atoms with E-state index in [1.54, 1.807) is 32.1 Å². The van der Waals surface area contributed by atoms with Gasteiger partial charge in [-0.15, -0.1) is 0 Å². The van der Waals surface area contributed by atoms with Gasteiger partial charge in [0.15, 0.2) is 0 Å². The Balaban J connectivity index is 1.23. The molecule has 2 heterocycles. The van der Waals surface area contributed by atoms with Crippen molar-refractivity contribution in [3.63, 3.8) is 0 Å². The summed E-state index contributed by atoms with van der Waals surface area (Å²) in [5.41, 5.74) is 0. The summed E-state index contributed by atoms with van der Waals surface area (Å²) in [6, 6.07) is 1.74. The lowest BCUT2D eigenvalue weighted by molar-refractivity contribution is -0.0809. The van der Waals surface area contributed by atoms with Crippen LogP contribution in [0.2, 0.25) is 0 Å². The Kier molecular flexibility index (Phi) is 4.39. The Labute approximate surface area is 147 Å². The number of aliphatic hydroxyl groups excluding tert-OH is 1. The molecule has 1 atom stereocenters. The molecule has 4 saturated carbocycles. The van der Waals surface area contributed by atoms with Crippen molar-refractivity contribution in [1.82, 2.24) is 9.80 Å². The summed E-state index contributed by atoms with van der Waals surface area (Å²) in [5, 5.41) is 9.39. The van der Waals surface area contributed by atoms with Gasteiger partial charge in [0.25, 0.3) is 0 Å². The summed E-state index contributed by atoms with van der Waals surface area (Å²) < 4.78 is 0. The molecule has 2 saturated heterocycles. The zero-order chi connectivity index (χ0) is 16.1. The molecule has 6 fully saturated rings. The van der Waals surface area contributed by atoms with Crippen LogP contribution in [0.4, 0.5) is 0 Å². The van der Waals surface area contributed by atoms with E-state index in [1.165, 1.54) is 51.9 Å². The predicted octanol–water partition coefficient (Wildman–Crippen LogP) is 2.98. The molecule has 136 valence electrons. The molecule has 0 amide bonds. The van der Waals surface area contributed by atoms with Crippen molar-refractivity contribution in [1.29, 1.82) is 0 Å². The largest absolute Gasteiger partial charge is 0.396 e. The molecule has 6 aliphatic rings. The lowest BCUT2D eigenvalue weighted by Crippen LogP contribution is -2.60. The predicted molar refractivity (Wildman–Crippen MR) is 96.8 cm³/mol. The van der Waals surface area contributed by atoms with Gasteiger partial charge in [-0.1, -0.05) is 0 Å². The first-order chi connectivity index (χ1) is 11.8. The fourth-order valence-electron chi connectivity index (χ4n) is 7.55. The van der Waals surface area contributed by atoms with E-state index in [0.29, 0.717) is 12.5 Å². The lowest BCUT2D eigenvalue weighted by Gasteiger charge is -2.58. The number of hydrogen-bond acceptors (Lipinski definition) is 3. The maximum Gasteiger partial charge on any atom is 0.0460 e. The van der Waals surface area contributed by atoms with Crippen LogP contribution in [0.3, 0.4) is 0 Å². The molecule has 4 bridgehead atoms. The summed E-state index contributed by atoms with van der Waals surface area (Å²) in [4.78, 5) is 5.73. The Bertz CT molecular complexity index is 417. The first-order valence-electron chi connectivity index (χ1n) is 10.9. The highest BCUT2D eigenvalue weighted by Crippen LogP contribution is 2.55. The Morgan fingerprint density at radius 1 is 0.750 bits per heavy atom. The van der Waals surface area contributed by atoms with Gasteiger partial charge in [0.05, 0.1) is 0 Å². The standard InChI is InChI=1S/C21H36N2O/c24-14-15-3-6-22(7-4-15)20-2-1-5-23(13-20)21-18-9-16-8-17(11-18)12-19(21)10-16/h15-21,24H,1-14H2/t16?,17?,18?,19?,20-,21?/m1/s1. The molecular formula is C21H36N2O. The number of nitrogens with zero attached hydrogens (tertiary/aromatic N) is 2. The van der Waals surface area contributed by atoms with Gasteiger partial charge in [-0.2, -0.15) is 0 Å². The van der Waals surface area contributed by atoms with Gasteiger partial charge in [-0.25, -0.2) is 0 Å². The van der Waals surface area contributed by atoms with E-state index in [-0.39, 0.29) is 0 Å². The van der Waals surface area contributed by atoms with Crippen molar-refractivity contribution in [2.75, 3.05) is 32.8 Å². The van der Waals surface area contributed by atoms with Gasteiger partial charge < -0.3 is 5.11 Å². The van der Waals surface area contributed by atoms with Crippen molar-refractivity contribution in [2.24, 2.45) is 29.6 Å². The van der Waals surface area contributed by atoms with Crippen LogP contribution >= 0.6 is 0 Å². The van der Waals surface area contributed by atoms with E-state index in [4.69, 9.17) is 0 Å². The number of aliphatic hydroxyl groups is 1. The molecule has 0 radical (unpaired) electrons. The molecule has 0 aromatic rings. The van der Waals surface area contributed by atoms with E-state index < -0.39 is 0 Å². The summed E-state index contributed by atoms with van der Waals surface area (Å²) in [6.07, 6.45) is 13.0. The van der Waals surface area contributed by atoms with E-state index in [0.717, 1.165) is 35.8 Å². The SMILES string of the molecule is OCC1CCN([C@@H]2CCCN(C3C4CC5CC(C4)CC3C5)C2)CC1. The molecule has 1 N–H and O–H groups in total. The monoisotopic (exact) mass is 332 g/mol. The van der Waals surface area contributed by atoms with Gasteiger partial charge in [-0.05, 0) is 107 Å². The first-order valence-corrected chi connectivity index (χ1v) is 10.9. The van der Waals surface area contributed by atoms with Gasteiger partial charge in [0.2, 0.25) is 0 Å². The smallest absolute Gasteiger partial charge is 0.0460 e. The highest BCUT2D eigenvalue weighted by Gasteiger charge is 2.50. The molecule has 3 nitrogen and oxygen atoms in total. The van der Waals surface area contributed by atoms with Gasteiger partial charge in [0.1, 0.15) is 0 Å². The van der Waals surface area contributed by atoms with Crippen LogP contribution in [-0.2, 0) is 0 Å². The maximum absolute atomic E-state index is 9.39. The second-order valence-corrected chi connectivity index (χ2v) is 9.87. The van der Waals surface area contributed by atoms with Crippen LogP contribution < -0.4 is 0 Å². The van der Waals surface area contributed by atoms with E-state index in [2.05, 4.69) is 9.80 Å². The average molecular weight is 333 g/mol. The molecule has 0 unspecified atom stereocenters. The van der Waals surface area contributed by atoms with Crippen LogP contribution in [0, 0.1) is 29.6 Å². The Morgan fingerprint density at radius 3 is 2.04 bits per heavy atom. The highest BCUT2D eigenvalue weighted by atomic mass is 16.3. The van der Waals surface area contributed by atoms with Crippen molar-refractivity contribution >= 4 is 0 Å². The number of hydrogen-bond donors (Lipinski definition) is 1. The highest BCUT2D eigenvalue weighted by molar-refractivity contribution is 5.03. The van der Waals surface area contributed by atoms with E-state index >= 15 is 0 Å². The second-order valence-electron chi connectivity index (χ2n) is 9.87. The van der Waals surface area contributed by atoms with Gasteiger partial charge in [-0.3, -0.25) is 9.80 Å². The second kappa shape index (κ2) is 6.55. The van der Waals surface area contributed by atoms with Crippen LogP contribution in [0.25, 0.3) is 0 Å². The quantitative estimate of drug-likeness (QED) is 0.861. The molecular weight excluding hydrogens is 296 g/mol. The summed E-state index contributed by atoms with van der Waals surface area (Å²) in [5.74, 6) is 4.86. The number of piperidine rings is 2. The van der Waals surface area contributed by atoms with Crippen molar-refractivity contribution in [3.05, 3.63) is 0 Å². The zero-order valence-corrected chi connectivity index (χ0v) is 15.3. The molecule has 3 heteroatoms. The topological polar surface area (TPSA) is 26.7 Å². The normalized spacial score (nSPS) is 47.4. The van der Waals surface area contributed by atoms with Crippen LogP contribution in [-0.4, -0.2) is 59.8 Å². The minimum absolute atomic E-state index is 0.401. The fraction of sp³-hybridized carbons (Fsp3) is 1.00. The minimum atomic E-state index is 0.401. The molecule has 0 aromatic carbocycles. The minimum Gasteiger partial charge on any atom is -0.396 e. The van der Waals surface area contributed by atoms with Crippen LogP contribution in [0.1, 0.15) is 57.8 Å². The fourth-order valence-corrected chi connectivity index (χ4v) is 7.55. The van der Waals surface area contributed by atoms with Crippen molar-refractivity contribution in [3.8, 4) is 0 Å². The van der Waals surface area contributed by atoms with Crippen LogP contribution in [0.15, 0.2) is 0 Å². The molecule has 4 aliphatic carbocycles. The molecule has 24 heavy (non-hydrogen) atoms. The molecule has 6 rings (SSSR count). The van der Waals surface area contributed by atoms with Crippen molar-refractivity contribution in [2.45, 2.75) is 69.9 Å². The molecule has 0 aromatic heterocycles.